The Balaban J connectivity index is 1.88. The molecule has 0 aliphatic carbocycles. The van der Waals surface area contributed by atoms with Gasteiger partial charge in [-0.15, -0.1) is 0 Å². The summed E-state index contributed by atoms with van der Waals surface area (Å²) < 4.78 is 18.2. The van der Waals surface area contributed by atoms with Crippen molar-refractivity contribution in [2.24, 2.45) is 0 Å². The smallest absolute Gasteiger partial charge is 0.166 e. The van der Waals surface area contributed by atoms with Crippen LogP contribution in [0.2, 0.25) is 5.02 Å². The molecular formula is C15H12ClFO2. The van der Waals surface area contributed by atoms with Crippen LogP contribution in [0, 0.1) is 5.82 Å². The molecule has 0 saturated heterocycles. The summed E-state index contributed by atoms with van der Waals surface area (Å²) in [5.74, 6) is -0.0412. The maximum atomic E-state index is 12.8. The van der Waals surface area contributed by atoms with Crippen molar-refractivity contribution >= 4 is 17.4 Å². The first-order valence-corrected chi connectivity index (χ1v) is 6.21. The van der Waals surface area contributed by atoms with Gasteiger partial charge in [0.2, 0.25) is 0 Å². The third-order valence-electron chi connectivity index (χ3n) is 2.58. The van der Waals surface area contributed by atoms with E-state index >= 15 is 0 Å². The zero-order chi connectivity index (χ0) is 13.7. The van der Waals surface area contributed by atoms with E-state index in [1.54, 1.807) is 12.1 Å². The summed E-state index contributed by atoms with van der Waals surface area (Å²) >= 11 is 5.81. The van der Waals surface area contributed by atoms with Gasteiger partial charge in [-0.25, -0.2) is 4.39 Å². The van der Waals surface area contributed by atoms with Gasteiger partial charge in [0.15, 0.2) is 5.78 Å². The molecule has 0 radical (unpaired) electrons. The van der Waals surface area contributed by atoms with Gasteiger partial charge >= 0.3 is 0 Å². The van der Waals surface area contributed by atoms with E-state index in [9.17, 15) is 9.18 Å². The van der Waals surface area contributed by atoms with Crippen molar-refractivity contribution in [1.82, 2.24) is 0 Å². The van der Waals surface area contributed by atoms with Crippen molar-refractivity contribution in [3.05, 3.63) is 64.9 Å². The second kappa shape index (κ2) is 6.34. The normalized spacial score (nSPS) is 10.2. The van der Waals surface area contributed by atoms with Crippen molar-refractivity contribution in [2.75, 3.05) is 6.61 Å². The van der Waals surface area contributed by atoms with Gasteiger partial charge in [-0.3, -0.25) is 4.79 Å². The van der Waals surface area contributed by atoms with E-state index in [-0.39, 0.29) is 23.8 Å². The molecule has 0 aliphatic rings. The summed E-state index contributed by atoms with van der Waals surface area (Å²) in [5, 5.41) is 0.201. The van der Waals surface area contributed by atoms with E-state index in [1.165, 1.54) is 18.2 Å². The predicted octanol–water partition coefficient (Wildman–Crippen LogP) is 4.13. The second-order valence-corrected chi connectivity index (χ2v) is 4.37. The average molecular weight is 279 g/mol. The van der Waals surface area contributed by atoms with Crippen molar-refractivity contribution in [2.45, 2.75) is 6.42 Å². The van der Waals surface area contributed by atoms with E-state index in [4.69, 9.17) is 16.3 Å². The Kier molecular flexibility index (Phi) is 4.53. The SMILES string of the molecule is O=C(CCOc1ccc(F)cc1Cl)c1ccccc1. The molecule has 0 amide bonds. The Morgan fingerprint density at radius 1 is 1.16 bits per heavy atom. The number of ketones is 1. The lowest BCUT2D eigenvalue weighted by molar-refractivity contribution is 0.0962. The van der Waals surface area contributed by atoms with Crippen LogP contribution in [0.3, 0.4) is 0 Å². The lowest BCUT2D eigenvalue weighted by atomic mass is 10.1. The van der Waals surface area contributed by atoms with E-state index in [0.29, 0.717) is 11.3 Å². The highest BCUT2D eigenvalue weighted by Crippen LogP contribution is 2.24. The average Bonchev–Trinajstić information content (AvgIpc) is 2.42. The molecule has 2 aromatic carbocycles. The Morgan fingerprint density at radius 2 is 1.89 bits per heavy atom. The molecule has 0 aliphatic heterocycles. The van der Waals surface area contributed by atoms with Crippen LogP contribution in [0.15, 0.2) is 48.5 Å². The van der Waals surface area contributed by atoms with Gasteiger partial charge in [-0.1, -0.05) is 41.9 Å². The minimum atomic E-state index is -0.419. The highest BCUT2D eigenvalue weighted by molar-refractivity contribution is 6.32. The molecule has 4 heteroatoms. The molecule has 2 aromatic rings. The van der Waals surface area contributed by atoms with Gasteiger partial charge in [0.1, 0.15) is 11.6 Å². The molecular weight excluding hydrogens is 267 g/mol. The number of benzene rings is 2. The number of rotatable bonds is 5. The lowest BCUT2D eigenvalue weighted by Gasteiger charge is -2.07. The van der Waals surface area contributed by atoms with E-state index in [2.05, 4.69) is 0 Å². The number of ether oxygens (including phenoxy) is 1. The van der Waals surface area contributed by atoms with Crippen LogP contribution >= 0.6 is 11.6 Å². The molecule has 0 unspecified atom stereocenters. The van der Waals surface area contributed by atoms with Gasteiger partial charge in [0.05, 0.1) is 11.6 Å². The van der Waals surface area contributed by atoms with E-state index in [0.717, 1.165) is 0 Å². The highest BCUT2D eigenvalue weighted by Gasteiger charge is 2.07. The van der Waals surface area contributed by atoms with Crippen LogP contribution in [-0.4, -0.2) is 12.4 Å². The number of carbonyl (C=O) groups is 1. The lowest BCUT2D eigenvalue weighted by Crippen LogP contribution is -2.06. The summed E-state index contributed by atoms with van der Waals surface area (Å²) in [6, 6.07) is 12.9. The van der Waals surface area contributed by atoms with Gasteiger partial charge in [0, 0.05) is 12.0 Å². The number of carbonyl (C=O) groups excluding carboxylic acids is 1. The first kappa shape index (κ1) is 13.6. The quantitative estimate of drug-likeness (QED) is 0.769. The fraction of sp³-hybridized carbons (Fsp3) is 0.133. The third-order valence-corrected chi connectivity index (χ3v) is 2.87. The molecule has 0 bridgehead atoms. The topological polar surface area (TPSA) is 26.3 Å². The van der Waals surface area contributed by atoms with Crippen LogP contribution in [-0.2, 0) is 0 Å². The van der Waals surface area contributed by atoms with Crippen LogP contribution < -0.4 is 4.74 Å². The van der Waals surface area contributed by atoms with Crippen molar-refractivity contribution in [3.8, 4) is 5.75 Å². The number of hydrogen-bond acceptors (Lipinski definition) is 2. The zero-order valence-corrected chi connectivity index (χ0v) is 10.9. The second-order valence-electron chi connectivity index (χ2n) is 3.96. The van der Waals surface area contributed by atoms with Crippen LogP contribution in [0.4, 0.5) is 4.39 Å². The molecule has 0 heterocycles. The summed E-state index contributed by atoms with van der Waals surface area (Å²) in [6.45, 7) is 0.207. The Bertz CT molecular complexity index is 570. The molecule has 0 spiro atoms. The maximum Gasteiger partial charge on any atom is 0.166 e. The van der Waals surface area contributed by atoms with E-state index < -0.39 is 5.82 Å². The largest absolute Gasteiger partial charge is 0.492 e. The summed E-state index contributed by atoms with van der Waals surface area (Å²) in [4.78, 5) is 11.8. The highest BCUT2D eigenvalue weighted by atomic mass is 35.5. The van der Waals surface area contributed by atoms with Crippen molar-refractivity contribution in [1.29, 1.82) is 0 Å². The monoisotopic (exact) mass is 278 g/mol. The summed E-state index contributed by atoms with van der Waals surface area (Å²) in [5.41, 5.74) is 0.649. The van der Waals surface area contributed by atoms with Gasteiger partial charge < -0.3 is 4.74 Å². The third kappa shape index (κ3) is 3.80. The summed E-state index contributed by atoms with van der Waals surface area (Å²) in [7, 11) is 0. The fourth-order valence-corrected chi connectivity index (χ4v) is 1.84. The molecule has 0 saturated carbocycles. The molecule has 0 fully saturated rings. The first-order valence-electron chi connectivity index (χ1n) is 5.83. The first-order chi connectivity index (χ1) is 9.16. The Labute approximate surface area is 115 Å². The van der Waals surface area contributed by atoms with Gasteiger partial charge in [0.25, 0.3) is 0 Å². The van der Waals surface area contributed by atoms with Gasteiger partial charge in [-0.05, 0) is 18.2 Å². The van der Waals surface area contributed by atoms with Crippen LogP contribution in [0.1, 0.15) is 16.8 Å². The zero-order valence-electron chi connectivity index (χ0n) is 10.1. The Morgan fingerprint density at radius 3 is 2.58 bits per heavy atom. The molecule has 0 atom stereocenters. The number of Topliss-reactive ketones (excluding diaryl/α,β-unsaturated/α-hetero) is 1. The van der Waals surface area contributed by atoms with Crippen LogP contribution in [0.5, 0.6) is 5.75 Å². The number of hydrogen-bond donors (Lipinski definition) is 0. The van der Waals surface area contributed by atoms with Crippen molar-refractivity contribution < 1.29 is 13.9 Å². The molecule has 0 aromatic heterocycles. The standard InChI is InChI=1S/C15H12ClFO2/c16-13-10-12(17)6-7-15(13)19-9-8-14(18)11-4-2-1-3-5-11/h1-7,10H,8-9H2. The minimum Gasteiger partial charge on any atom is -0.492 e. The maximum absolute atomic E-state index is 12.8. The molecule has 0 N–H and O–H groups in total. The predicted molar refractivity (Wildman–Crippen MR) is 72.3 cm³/mol. The van der Waals surface area contributed by atoms with Gasteiger partial charge in [-0.2, -0.15) is 0 Å². The van der Waals surface area contributed by atoms with Crippen molar-refractivity contribution in [3.63, 3.8) is 0 Å². The summed E-state index contributed by atoms with van der Waals surface area (Å²) in [6.07, 6.45) is 0.248. The molecule has 98 valence electrons. The number of halogens is 2. The molecule has 2 rings (SSSR count). The van der Waals surface area contributed by atoms with Crippen LogP contribution in [0.25, 0.3) is 0 Å². The molecule has 2 nitrogen and oxygen atoms in total. The van der Waals surface area contributed by atoms with E-state index in [1.807, 2.05) is 18.2 Å². The minimum absolute atomic E-state index is 0.00108. The molecule has 19 heavy (non-hydrogen) atoms. The fourth-order valence-electron chi connectivity index (χ4n) is 1.61. The Hall–Kier alpha value is -1.87.